The van der Waals surface area contributed by atoms with Crippen molar-refractivity contribution >= 4 is 11.9 Å². The van der Waals surface area contributed by atoms with E-state index in [1.807, 2.05) is 0 Å². The quantitative estimate of drug-likeness (QED) is 0.532. The number of hydrogen-bond donors (Lipinski definition) is 4. The summed E-state index contributed by atoms with van der Waals surface area (Å²) in [6, 6.07) is 0. The molecule has 0 aromatic carbocycles. The fraction of sp³-hybridized carbons (Fsp3) is 0.846. The molecule has 0 unspecified atom stereocenters. The highest BCUT2D eigenvalue weighted by Gasteiger charge is 2.39. The normalized spacial score (nSPS) is 17.2. The highest BCUT2D eigenvalue weighted by atomic mass is 16.4. The molecule has 6 nitrogen and oxygen atoms in total. The van der Waals surface area contributed by atoms with Gasteiger partial charge in [0.1, 0.15) is 0 Å². The van der Waals surface area contributed by atoms with Crippen LogP contribution in [0.2, 0.25) is 0 Å². The first-order chi connectivity index (χ1) is 9.04. The van der Waals surface area contributed by atoms with E-state index in [1.54, 1.807) is 0 Å². The molecule has 4 N–H and O–H groups in total. The molecule has 0 atom stereocenters. The van der Waals surface area contributed by atoms with Crippen LogP contribution in [-0.2, 0) is 9.59 Å². The number of aliphatic hydroxyl groups is 2. The molecule has 1 aliphatic rings. The Kier molecular flexibility index (Phi) is 6.24. The van der Waals surface area contributed by atoms with Crippen LogP contribution in [0.15, 0.2) is 0 Å². The van der Waals surface area contributed by atoms with E-state index in [9.17, 15) is 19.8 Å². The van der Waals surface area contributed by atoms with Crippen LogP contribution in [0, 0.1) is 5.92 Å². The molecule has 0 aromatic rings. The third kappa shape index (κ3) is 4.47. The zero-order valence-corrected chi connectivity index (χ0v) is 11.1. The second kappa shape index (κ2) is 7.45. The summed E-state index contributed by atoms with van der Waals surface area (Å²) in [5, 5.41) is 30.3. The van der Waals surface area contributed by atoms with E-state index in [0.29, 0.717) is 0 Å². The molecule has 1 amide bonds. The first kappa shape index (κ1) is 15.9. The van der Waals surface area contributed by atoms with Crippen LogP contribution in [0.4, 0.5) is 0 Å². The first-order valence-corrected chi connectivity index (χ1v) is 6.78. The van der Waals surface area contributed by atoms with Gasteiger partial charge in [0.2, 0.25) is 5.91 Å². The van der Waals surface area contributed by atoms with Crippen LogP contribution >= 0.6 is 0 Å². The second-order valence-corrected chi connectivity index (χ2v) is 5.25. The number of carboxylic acids is 1. The monoisotopic (exact) mass is 273 g/mol. The van der Waals surface area contributed by atoms with Gasteiger partial charge in [0, 0.05) is 6.42 Å². The van der Waals surface area contributed by atoms with E-state index < -0.39 is 17.4 Å². The summed E-state index contributed by atoms with van der Waals surface area (Å²) in [5.41, 5.74) is -1.02. The van der Waals surface area contributed by atoms with Crippen molar-refractivity contribution in [3.8, 4) is 0 Å². The van der Waals surface area contributed by atoms with Gasteiger partial charge in [0.15, 0.2) is 0 Å². The maximum absolute atomic E-state index is 11.7. The molecular formula is C13H23NO5. The van der Waals surface area contributed by atoms with Crippen molar-refractivity contribution in [2.24, 2.45) is 5.92 Å². The van der Waals surface area contributed by atoms with E-state index in [-0.39, 0.29) is 32.0 Å². The molecule has 0 bridgehead atoms. The van der Waals surface area contributed by atoms with Crippen LogP contribution in [0.25, 0.3) is 0 Å². The number of carbonyl (C=O) groups is 2. The Bertz CT molecular complexity index is 308. The lowest BCUT2D eigenvalue weighted by Gasteiger charge is -2.40. The minimum absolute atomic E-state index is 0.0463. The maximum atomic E-state index is 11.7. The Hall–Kier alpha value is -1.14. The Morgan fingerprint density at radius 1 is 1.05 bits per heavy atom. The van der Waals surface area contributed by atoms with Gasteiger partial charge in [-0.25, -0.2) is 0 Å². The summed E-state index contributed by atoms with van der Waals surface area (Å²) >= 11 is 0. The van der Waals surface area contributed by atoms with Gasteiger partial charge >= 0.3 is 5.97 Å². The fourth-order valence-electron chi connectivity index (χ4n) is 2.71. The highest BCUT2D eigenvalue weighted by molar-refractivity contribution is 5.81. The van der Waals surface area contributed by atoms with Crippen molar-refractivity contribution < 1.29 is 24.9 Å². The fourth-order valence-corrected chi connectivity index (χ4v) is 2.71. The summed E-state index contributed by atoms with van der Waals surface area (Å²) in [6.45, 7) is -0.653. The van der Waals surface area contributed by atoms with Crippen molar-refractivity contribution in [1.29, 1.82) is 0 Å². The molecule has 6 heteroatoms. The largest absolute Gasteiger partial charge is 0.481 e. The standard InChI is InChI=1S/C13H23NO5/c15-8-13(9-16,10-4-2-1-3-5-10)14-11(17)6-7-12(18)19/h10,15-16H,1-9H2,(H,14,17)(H,18,19). The van der Waals surface area contributed by atoms with Gasteiger partial charge in [-0.15, -0.1) is 0 Å². The molecule has 1 rings (SSSR count). The lowest BCUT2D eigenvalue weighted by atomic mass is 9.75. The van der Waals surface area contributed by atoms with Gasteiger partial charge in [-0.2, -0.15) is 0 Å². The minimum atomic E-state index is -1.04. The zero-order valence-electron chi connectivity index (χ0n) is 11.1. The van der Waals surface area contributed by atoms with Crippen molar-refractivity contribution in [3.63, 3.8) is 0 Å². The molecule has 1 fully saturated rings. The van der Waals surface area contributed by atoms with Crippen LogP contribution in [-0.4, -0.2) is 45.9 Å². The number of hydrogen-bond acceptors (Lipinski definition) is 4. The van der Waals surface area contributed by atoms with Gasteiger partial charge in [-0.3, -0.25) is 9.59 Å². The van der Waals surface area contributed by atoms with Gasteiger partial charge in [0.25, 0.3) is 0 Å². The first-order valence-electron chi connectivity index (χ1n) is 6.78. The lowest BCUT2D eigenvalue weighted by Crippen LogP contribution is -2.59. The Balaban J connectivity index is 2.64. The number of carbonyl (C=O) groups excluding carboxylic acids is 1. The molecule has 0 aliphatic heterocycles. The van der Waals surface area contributed by atoms with Crippen molar-refractivity contribution in [2.45, 2.75) is 50.5 Å². The van der Waals surface area contributed by atoms with Crippen molar-refractivity contribution in [3.05, 3.63) is 0 Å². The predicted molar refractivity (Wildman–Crippen MR) is 68.5 cm³/mol. The van der Waals surface area contributed by atoms with E-state index in [2.05, 4.69) is 5.32 Å². The zero-order chi connectivity index (χ0) is 14.3. The number of rotatable bonds is 7. The van der Waals surface area contributed by atoms with E-state index >= 15 is 0 Å². The van der Waals surface area contributed by atoms with Crippen LogP contribution in [0.3, 0.4) is 0 Å². The maximum Gasteiger partial charge on any atom is 0.303 e. The molecular weight excluding hydrogens is 250 g/mol. The topological polar surface area (TPSA) is 107 Å². The van der Waals surface area contributed by atoms with E-state index in [1.165, 1.54) is 0 Å². The molecule has 0 spiro atoms. The van der Waals surface area contributed by atoms with Gasteiger partial charge in [-0.05, 0) is 18.8 Å². The van der Waals surface area contributed by atoms with Crippen LogP contribution in [0.1, 0.15) is 44.9 Å². The Morgan fingerprint density at radius 2 is 1.63 bits per heavy atom. The third-order valence-electron chi connectivity index (χ3n) is 3.91. The lowest BCUT2D eigenvalue weighted by molar-refractivity contribution is -0.139. The number of aliphatic carboxylic acids is 1. The predicted octanol–water partition coefficient (Wildman–Crippen LogP) is 0.271. The Morgan fingerprint density at radius 3 is 2.11 bits per heavy atom. The summed E-state index contributed by atoms with van der Waals surface area (Å²) in [4.78, 5) is 22.2. The number of nitrogens with one attached hydrogen (secondary N) is 1. The summed E-state index contributed by atoms with van der Waals surface area (Å²) in [7, 11) is 0. The Labute approximate surface area is 112 Å². The smallest absolute Gasteiger partial charge is 0.303 e. The number of amides is 1. The van der Waals surface area contributed by atoms with E-state index in [4.69, 9.17) is 5.11 Å². The average molecular weight is 273 g/mol. The summed E-state index contributed by atoms with van der Waals surface area (Å²) < 4.78 is 0. The van der Waals surface area contributed by atoms with Crippen molar-refractivity contribution in [2.75, 3.05) is 13.2 Å². The molecule has 1 saturated carbocycles. The second-order valence-electron chi connectivity index (χ2n) is 5.25. The molecule has 0 aromatic heterocycles. The molecule has 110 valence electrons. The van der Waals surface area contributed by atoms with Gasteiger partial charge < -0.3 is 20.6 Å². The molecule has 1 aliphatic carbocycles. The SMILES string of the molecule is O=C(O)CCC(=O)NC(CO)(CO)C1CCCCC1. The molecule has 0 saturated heterocycles. The van der Waals surface area contributed by atoms with Gasteiger partial charge in [-0.1, -0.05) is 19.3 Å². The van der Waals surface area contributed by atoms with Gasteiger partial charge in [0.05, 0.1) is 25.2 Å². The minimum Gasteiger partial charge on any atom is -0.481 e. The van der Waals surface area contributed by atoms with Crippen molar-refractivity contribution in [1.82, 2.24) is 5.32 Å². The van der Waals surface area contributed by atoms with Crippen LogP contribution in [0.5, 0.6) is 0 Å². The highest BCUT2D eigenvalue weighted by Crippen LogP contribution is 2.32. The molecule has 0 heterocycles. The van der Waals surface area contributed by atoms with E-state index in [0.717, 1.165) is 32.1 Å². The number of aliphatic hydroxyl groups excluding tert-OH is 2. The molecule has 0 radical (unpaired) electrons. The summed E-state index contributed by atoms with van der Waals surface area (Å²) in [6.07, 6.45) is 4.53. The number of carboxylic acid groups (broad SMARTS) is 1. The summed E-state index contributed by atoms with van der Waals surface area (Å²) in [5.74, 6) is -1.42. The van der Waals surface area contributed by atoms with Crippen LogP contribution < -0.4 is 5.32 Å². The third-order valence-corrected chi connectivity index (χ3v) is 3.91. The average Bonchev–Trinajstić information content (AvgIpc) is 2.43. The molecule has 19 heavy (non-hydrogen) atoms.